The highest BCUT2D eigenvalue weighted by Crippen LogP contribution is 2.30. The van der Waals surface area contributed by atoms with E-state index in [0.29, 0.717) is 23.8 Å². The van der Waals surface area contributed by atoms with E-state index in [9.17, 15) is 0 Å². The molecule has 1 fully saturated rings. The summed E-state index contributed by atoms with van der Waals surface area (Å²) >= 11 is 0. The quantitative estimate of drug-likeness (QED) is 0.496. The first-order valence-electron chi connectivity index (χ1n) is 7.82. The van der Waals surface area contributed by atoms with Crippen molar-refractivity contribution in [3.63, 3.8) is 0 Å². The molecule has 0 amide bonds. The number of nitrogens with zero attached hydrogens (tertiary/aromatic N) is 2. The molecule has 1 aromatic carbocycles. The molecule has 1 aliphatic heterocycles. The van der Waals surface area contributed by atoms with Gasteiger partial charge in [0.2, 0.25) is 0 Å². The van der Waals surface area contributed by atoms with Gasteiger partial charge in [-0.2, -0.15) is 5.10 Å². The topological polar surface area (TPSA) is 78.4 Å². The van der Waals surface area contributed by atoms with Gasteiger partial charge in [-0.05, 0) is 43.9 Å². The Morgan fingerprint density at radius 3 is 2.65 bits per heavy atom. The Hall–Kier alpha value is -2.08. The lowest BCUT2D eigenvalue weighted by molar-refractivity contribution is 0.0226. The standard InChI is InChI=1S/C17H25N3O3/c1-12-8-16(21-2)17(22-3)9-14(12)15(20-18)11-19-10-13-6-4-5-7-23-13/h8-9,11,13H,4-7,10,18H2,1-3H3/b19-11?,20-15+. The van der Waals surface area contributed by atoms with Crippen LogP contribution < -0.4 is 15.3 Å². The van der Waals surface area contributed by atoms with E-state index in [1.165, 1.54) is 6.42 Å². The summed E-state index contributed by atoms with van der Waals surface area (Å²) < 4.78 is 16.3. The first kappa shape index (κ1) is 17.3. The van der Waals surface area contributed by atoms with Gasteiger partial charge in [0.1, 0.15) is 5.71 Å². The van der Waals surface area contributed by atoms with Crippen LogP contribution in [0.5, 0.6) is 11.5 Å². The molecule has 0 spiro atoms. The second kappa shape index (κ2) is 8.53. The summed E-state index contributed by atoms with van der Waals surface area (Å²) in [5.74, 6) is 6.86. The predicted octanol–water partition coefficient (Wildman–Crippen LogP) is 2.31. The molecule has 0 radical (unpaired) electrons. The highest BCUT2D eigenvalue weighted by atomic mass is 16.5. The van der Waals surface area contributed by atoms with E-state index in [-0.39, 0.29) is 6.10 Å². The summed E-state index contributed by atoms with van der Waals surface area (Å²) in [6.45, 7) is 3.43. The summed E-state index contributed by atoms with van der Waals surface area (Å²) in [5.41, 5.74) is 2.48. The second-order valence-corrected chi connectivity index (χ2v) is 5.52. The molecule has 1 aromatic rings. The summed E-state index contributed by atoms with van der Waals surface area (Å²) in [6, 6.07) is 3.76. The van der Waals surface area contributed by atoms with Crippen molar-refractivity contribution in [1.29, 1.82) is 0 Å². The number of hydrazone groups is 1. The van der Waals surface area contributed by atoms with E-state index in [0.717, 1.165) is 30.6 Å². The molecule has 126 valence electrons. The van der Waals surface area contributed by atoms with Gasteiger partial charge >= 0.3 is 0 Å². The van der Waals surface area contributed by atoms with Gasteiger partial charge < -0.3 is 20.1 Å². The van der Waals surface area contributed by atoms with Crippen molar-refractivity contribution in [2.24, 2.45) is 15.9 Å². The van der Waals surface area contributed by atoms with Crippen molar-refractivity contribution in [1.82, 2.24) is 0 Å². The van der Waals surface area contributed by atoms with Crippen LogP contribution in [0.4, 0.5) is 0 Å². The summed E-state index contributed by atoms with van der Waals surface area (Å²) in [4.78, 5) is 4.45. The van der Waals surface area contributed by atoms with Crippen LogP contribution in [0.3, 0.4) is 0 Å². The van der Waals surface area contributed by atoms with Crippen LogP contribution in [0.25, 0.3) is 0 Å². The number of hydrogen-bond acceptors (Lipinski definition) is 6. The highest BCUT2D eigenvalue weighted by Gasteiger charge is 2.14. The average molecular weight is 319 g/mol. The molecule has 2 rings (SSSR count). The van der Waals surface area contributed by atoms with Crippen LogP contribution in [-0.2, 0) is 4.74 Å². The van der Waals surface area contributed by atoms with Crippen LogP contribution in [0, 0.1) is 6.92 Å². The zero-order chi connectivity index (χ0) is 16.7. The van der Waals surface area contributed by atoms with Gasteiger partial charge in [0.15, 0.2) is 11.5 Å². The number of rotatable bonds is 6. The largest absolute Gasteiger partial charge is 0.493 e. The monoisotopic (exact) mass is 319 g/mol. The van der Waals surface area contributed by atoms with Gasteiger partial charge in [0.05, 0.1) is 26.9 Å². The third kappa shape index (κ3) is 4.45. The van der Waals surface area contributed by atoms with E-state index in [1.54, 1.807) is 20.4 Å². The van der Waals surface area contributed by atoms with Gasteiger partial charge in [-0.25, -0.2) is 0 Å². The SMILES string of the molecule is COc1cc(C)c(/C(C=NCC2CCCCO2)=N/N)cc1OC. The molecular formula is C17H25N3O3. The van der Waals surface area contributed by atoms with Crippen molar-refractivity contribution < 1.29 is 14.2 Å². The Morgan fingerprint density at radius 2 is 2.04 bits per heavy atom. The number of ether oxygens (including phenoxy) is 3. The number of methoxy groups -OCH3 is 2. The summed E-state index contributed by atoms with van der Waals surface area (Å²) in [7, 11) is 3.21. The summed E-state index contributed by atoms with van der Waals surface area (Å²) in [5, 5.41) is 3.86. The normalized spacial score (nSPS) is 19.1. The Labute approximate surface area is 137 Å². The van der Waals surface area contributed by atoms with Gasteiger partial charge in [0.25, 0.3) is 0 Å². The van der Waals surface area contributed by atoms with Crippen molar-refractivity contribution >= 4 is 11.9 Å². The second-order valence-electron chi connectivity index (χ2n) is 5.52. The minimum Gasteiger partial charge on any atom is -0.493 e. The first-order valence-corrected chi connectivity index (χ1v) is 7.82. The lowest BCUT2D eigenvalue weighted by Crippen LogP contribution is -2.22. The van der Waals surface area contributed by atoms with Crippen LogP contribution >= 0.6 is 0 Å². The Morgan fingerprint density at radius 1 is 1.30 bits per heavy atom. The fraction of sp³-hybridized carbons (Fsp3) is 0.529. The fourth-order valence-electron chi connectivity index (χ4n) is 2.64. The van der Waals surface area contributed by atoms with Crippen LogP contribution in [0.1, 0.15) is 30.4 Å². The first-order chi connectivity index (χ1) is 11.2. The van der Waals surface area contributed by atoms with E-state index >= 15 is 0 Å². The van der Waals surface area contributed by atoms with Crippen LogP contribution in [-0.4, -0.2) is 45.4 Å². The molecule has 1 atom stereocenters. The lowest BCUT2D eigenvalue weighted by atomic mass is 10.0. The molecular weight excluding hydrogens is 294 g/mol. The smallest absolute Gasteiger partial charge is 0.161 e. The van der Waals surface area contributed by atoms with Gasteiger partial charge in [0, 0.05) is 18.4 Å². The number of benzene rings is 1. The average Bonchev–Trinajstić information content (AvgIpc) is 2.60. The number of aliphatic imine (C=N–C) groups is 1. The van der Waals surface area contributed by atoms with Crippen molar-refractivity contribution in [3.8, 4) is 11.5 Å². The van der Waals surface area contributed by atoms with Crippen molar-refractivity contribution in [2.75, 3.05) is 27.4 Å². The van der Waals surface area contributed by atoms with E-state index in [4.69, 9.17) is 20.1 Å². The van der Waals surface area contributed by atoms with E-state index in [1.807, 2.05) is 19.1 Å². The van der Waals surface area contributed by atoms with Crippen molar-refractivity contribution in [2.45, 2.75) is 32.3 Å². The molecule has 6 heteroatoms. The third-order valence-electron chi connectivity index (χ3n) is 3.94. The Bertz CT molecular complexity index is 579. The fourth-order valence-corrected chi connectivity index (χ4v) is 2.64. The van der Waals surface area contributed by atoms with Gasteiger partial charge in [-0.1, -0.05) is 0 Å². The van der Waals surface area contributed by atoms with Gasteiger partial charge in [-0.3, -0.25) is 4.99 Å². The van der Waals surface area contributed by atoms with E-state index < -0.39 is 0 Å². The van der Waals surface area contributed by atoms with E-state index in [2.05, 4.69) is 10.1 Å². The molecule has 1 heterocycles. The maximum absolute atomic E-state index is 5.67. The Kier molecular flexibility index (Phi) is 6.40. The third-order valence-corrected chi connectivity index (χ3v) is 3.94. The Balaban J connectivity index is 2.14. The van der Waals surface area contributed by atoms with Crippen molar-refractivity contribution in [3.05, 3.63) is 23.3 Å². The summed E-state index contributed by atoms with van der Waals surface area (Å²) in [6.07, 6.45) is 5.30. The van der Waals surface area contributed by atoms with Gasteiger partial charge in [-0.15, -0.1) is 0 Å². The molecule has 0 bridgehead atoms. The lowest BCUT2D eigenvalue weighted by Gasteiger charge is -2.20. The maximum Gasteiger partial charge on any atom is 0.161 e. The highest BCUT2D eigenvalue weighted by molar-refractivity contribution is 6.38. The molecule has 1 unspecified atom stereocenters. The molecule has 0 aliphatic carbocycles. The maximum atomic E-state index is 5.67. The zero-order valence-corrected chi connectivity index (χ0v) is 14.0. The number of aryl methyl sites for hydroxylation is 1. The zero-order valence-electron chi connectivity index (χ0n) is 14.0. The molecule has 23 heavy (non-hydrogen) atoms. The predicted molar refractivity (Wildman–Crippen MR) is 92.0 cm³/mol. The molecule has 1 saturated heterocycles. The molecule has 2 N–H and O–H groups in total. The molecule has 6 nitrogen and oxygen atoms in total. The molecule has 0 saturated carbocycles. The minimum atomic E-state index is 0.200. The minimum absolute atomic E-state index is 0.200. The van der Waals surface area contributed by atoms with Crippen LogP contribution in [0.2, 0.25) is 0 Å². The number of nitrogens with two attached hydrogens (primary N) is 1. The number of hydrogen-bond donors (Lipinski definition) is 1. The molecule has 1 aliphatic rings. The molecule has 0 aromatic heterocycles. The van der Waals surface area contributed by atoms with Crippen LogP contribution in [0.15, 0.2) is 22.2 Å².